The largest absolute Gasteiger partial charge is 0.369 e. The van der Waals surface area contributed by atoms with Crippen molar-refractivity contribution in [2.45, 2.75) is 19.3 Å². The normalized spacial score (nSPS) is 25.0. The van der Waals surface area contributed by atoms with E-state index < -0.39 is 0 Å². The first-order valence-corrected chi connectivity index (χ1v) is 8.79. The fourth-order valence-electron chi connectivity index (χ4n) is 4.35. The molecule has 25 heavy (non-hydrogen) atoms. The highest BCUT2D eigenvalue weighted by atomic mass is 16.2. The highest BCUT2D eigenvalue weighted by Crippen LogP contribution is 2.48. The lowest BCUT2D eigenvalue weighted by molar-refractivity contribution is 0.0770. The van der Waals surface area contributed by atoms with E-state index in [1.165, 1.54) is 18.7 Å². The van der Waals surface area contributed by atoms with Crippen LogP contribution in [0.1, 0.15) is 29.6 Å². The third-order valence-electron chi connectivity index (χ3n) is 5.64. The van der Waals surface area contributed by atoms with Crippen LogP contribution in [-0.2, 0) is 0 Å². The van der Waals surface area contributed by atoms with E-state index in [2.05, 4.69) is 15.3 Å². The minimum atomic E-state index is -0.239. The lowest BCUT2D eigenvalue weighted by Crippen LogP contribution is -2.36. The van der Waals surface area contributed by atoms with Gasteiger partial charge >= 0.3 is 0 Å². The zero-order valence-corrected chi connectivity index (χ0v) is 14.1. The van der Waals surface area contributed by atoms with Gasteiger partial charge in [0.05, 0.1) is 0 Å². The number of anilines is 1. The maximum atomic E-state index is 12.8. The maximum Gasteiger partial charge on any atom is 0.254 e. The molecule has 0 radical (unpaired) electrons. The molecule has 2 aromatic rings. The van der Waals surface area contributed by atoms with Crippen molar-refractivity contribution < 1.29 is 4.79 Å². The van der Waals surface area contributed by atoms with E-state index in [0.29, 0.717) is 11.5 Å². The van der Waals surface area contributed by atoms with Gasteiger partial charge in [-0.3, -0.25) is 9.59 Å². The highest BCUT2D eigenvalue weighted by Gasteiger charge is 2.50. The predicted octanol–water partition coefficient (Wildman–Crippen LogP) is 2.12. The molecule has 6 nitrogen and oxygen atoms in total. The van der Waals surface area contributed by atoms with Gasteiger partial charge in [-0.15, -0.1) is 0 Å². The first-order valence-electron chi connectivity index (χ1n) is 8.79. The summed E-state index contributed by atoms with van der Waals surface area (Å²) < 4.78 is 0. The Labute approximate surface area is 146 Å². The third kappa shape index (κ3) is 3.04. The van der Waals surface area contributed by atoms with Crippen LogP contribution in [0.4, 0.5) is 5.82 Å². The van der Waals surface area contributed by atoms with E-state index in [-0.39, 0.29) is 16.9 Å². The number of nitrogens with zero attached hydrogens (tertiary/aromatic N) is 2. The Kier molecular flexibility index (Phi) is 4.03. The molecule has 2 fully saturated rings. The Bertz CT molecular complexity index is 819. The van der Waals surface area contributed by atoms with Crippen molar-refractivity contribution in [3.05, 3.63) is 58.6 Å². The van der Waals surface area contributed by atoms with Crippen LogP contribution in [0.25, 0.3) is 0 Å². The van der Waals surface area contributed by atoms with Crippen LogP contribution >= 0.6 is 0 Å². The summed E-state index contributed by atoms with van der Waals surface area (Å²) in [6.07, 6.45) is 6.80. The first kappa shape index (κ1) is 15.9. The van der Waals surface area contributed by atoms with E-state index >= 15 is 0 Å². The van der Waals surface area contributed by atoms with Gasteiger partial charge in [-0.25, -0.2) is 4.98 Å². The second-order valence-electron chi connectivity index (χ2n) is 7.15. The molecular formula is C19H22N4O2. The quantitative estimate of drug-likeness (QED) is 0.895. The number of pyridine rings is 2. The van der Waals surface area contributed by atoms with Gasteiger partial charge in [0.2, 0.25) is 5.56 Å². The lowest BCUT2D eigenvalue weighted by atomic mass is 9.80. The van der Waals surface area contributed by atoms with Crippen molar-refractivity contribution in [1.82, 2.24) is 14.9 Å². The summed E-state index contributed by atoms with van der Waals surface area (Å²) in [6.45, 7) is 2.34. The summed E-state index contributed by atoms with van der Waals surface area (Å²) in [6, 6.07) is 8.90. The van der Waals surface area contributed by atoms with Crippen LogP contribution in [0.5, 0.6) is 0 Å². The monoisotopic (exact) mass is 338 g/mol. The molecule has 1 aliphatic heterocycles. The Balaban J connectivity index is 1.49. The van der Waals surface area contributed by atoms with Gasteiger partial charge in [-0.2, -0.15) is 0 Å². The molecule has 3 heterocycles. The zero-order chi connectivity index (χ0) is 17.3. The molecule has 1 aliphatic carbocycles. The minimum absolute atomic E-state index is 0.0438. The first-order chi connectivity index (χ1) is 12.2. The van der Waals surface area contributed by atoms with Crippen LogP contribution in [0.15, 0.2) is 47.5 Å². The fourth-order valence-corrected chi connectivity index (χ4v) is 4.35. The number of amides is 1. The number of carbonyl (C=O) groups is 1. The number of fused-ring (bicyclic) bond motifs is 1. The standard InChI is InChI=1S/C19H22N4O2/c24-17-10-14(6-9-21-17)18(25)23-11-15-4-3-7-19(15,13-23)12-22-16-5-1-2-8-20-16/h1-2,5-6,8-10,15H,3-4,7,11-13H2,(H,20,22)(H,21,24)/t15-,19-/m0/s1. The average molecular weight is 338 g/mol. The summed E-state index contributed by atoms with van der Waals surface area (Å²) in [7, 11) is 0. The molecule has 6 heteroatoms. The smallest absolute Gasteiger partial charge is 0.254 e. The molecule has 2 aliphatic rings. The van der Waals surface area contributed by atoms with Crippen LogP contribution in [0.3, 0.4) is 0 Å². The van der Waals surface area contributed by atoms with Crippen molar-refractivity contribution >= 4 is 11.7 Å². The van der Waals surface area contributed by atoms with Gasteiger partial charge < -0.3 is 15.2 Å². The predicted molar refractivity (Wildman–Crippen MR) is 95.5 cm³/mol. The molecule has 130 valence electrons. The minimum Gasteiger partial charge on any atom is -0.369 e. The third-order valence-corrected chi connectivity index (χ3v) is 5.64. The number of nitrogens with one attached hydrogen (secondary N) is 2. The van der Waals surface area contributed by atoms with E-state index in [4.69, 9.17) is 0 Å². The van der Waals surface area contributed by atoms with E-state index in [9.17, 15) is 9.59 Å². The van der Waals surface area contributed by atoms with Crippen molar-refractivity contribution in [2.24, 2.45) is 11.3 Å². The molecule has 2 N–H and O–H groups in total. The van der Waals surface area contributed by atoms with Crippen molar-refractivity contribution in [2.75, 3.05) is 25.0 Å². The summed E-state index contributed by atoms with van der Waals surface area (Å²) in [5, 5.41) is 3.45. The van der Waals surface area contributed by atoms with E-state index in [0.717, 1.165) is 38.3 Å². The molecule has 1 saturated heterocycles. The molecular weight excluding hydrogens is 316 g/mol. The van der Waals surface area contributed by atoms with Crippen LogP contribution in [0, 0.1) is 11.3 Å². The van der Waals surface area contributed by atoms with Crippen molar-refractivity contribution in [3.8, 4) is 0 Å². The maximum absolute atomic E-state index is 12.8. The summed E-state index contributed by atoms with van der Waals surface area (Å²) in [5.74, 6) is 1.34. The van der Waals surface area contributed by atoms with Crippen LogP contribution in [0.2, 0.25) is 0 Å². The van der Waals surface area contributed by atoms with E-state index in [1.54, 1.807) is 12.3 Å². The Morgan fingerprint density at radius 2 is 2.32 bits per heavy atom. The molecule has 0 spiro atoms. The van der Waals surface area contributed by atoms with Crippen LogP contribution in [-0.4, -0.2) is 40.4 Å². The number of carbonyl (C=O) groups excluding carboxylic acids is 1. The number of hydrogen-bond acceptors (Lipinski definition) is 4. The summed E-state index contributed by atoms with van der Waals surface area (Å²) >= 11 is 0. The van der Waals surface area contributed by atoms with Crippen molar-refractivity contribution in [1.29, 1.82) is 0 Å². The Morgan fingerprint density at radius 1 is 1.40 bits per heavy atom. The summed E-state index contributed by atoms with van der Waals surface area (Å²) in [4.78, 5) is 33.1. The van der Waals surface area contributed by atoms with Gasteiger partial charge in [0.25, 0.3) is 5.91 Å². The number of aromatic nitrogens is 2. The SMILES string of the molecule is O=C(c1cc[nH]c(=O)c1)N1C[C@@H]2CCC[C@]2(CNc2ccccn2)C1. The molecule has 2 aromatic heterocycles. The van der Waals surface area contributed by atoms with Crippen molar-refractivity contribution in [3.63, 3.8) is 0 Å². The average Bonchev–Trinajstić information content (AvgIpc) is 3.17. The van der Waals surface area contributed by atoms with Gasteiger partial charge in [0.15, 0.2) is 0 Å². The van der Waals surface area contributed by atoms with Gasteiger partial charge in [0.1, 0.15) is 5.82 Å². The second-order valence-corrected chi connectivity index (χ2v) is 7.15. The van der Waals surface area contributed by atoms with Gasteiger partial charge in [-0.05, 0) is 37.0 Å². The van der Waals surface area contributed by atoms with Crippen LogP contribution < -0.4 is 10.9 Å². The lowest BCUT2D eigenvalue weighted by Gasteiger charge is -2.29. The van der Waals surface area contributed by atoms with Gasteiger partial charge in [-0.1, -0.05) is 12.5 Å². The molecule has 0 aromatic carbocycles. The number of H-pyrrole nitrogens is 1. The number of aromatic amines is 1. The Hall–Kier alpha value is -2.63. The number of likely N-dealkylation sites (tertiary alicyclic amines) is 1. The molecule has 1 saturated carbocycles. The summed E-state index contributed by atoms with van der Waals surface area (Å²) in [5.41, 5.74) is 0.335. The molecule has 4 rings (SSSR count). The zero-order valence-electron chi connectivity index (χ0n) is 14.1. The number of rotatable bonds is 4. The molecule has 0 bridgehead atoms. The Morgan fingerprint density at radius 3 is 3.12 bits per heavy atom. The second kappa shape index (κ2) is 6.35. The number of hydrogen-bond donors (Lipinski definition) is 2. The molecule has 1 amide bonds. The molecule has 0 unspecified atom stereocenters. The molecule has 2 atom stereocenters. The fraction of sp³-hybridized carbons (Fsp3) is 0.421. The highest BCUT2D eigenvalue weighted by molar-refractivity contribution is 5.94. The van der Waals surface area contributed by atoms with Gasteiger partial charge in [0, 0.05) is 49.1 Å². The topological polar surface area (TPSA) is 78.1 Å². The van der Waals surface area contributed by atoms with E-state index in [1.807, 2.05) is 23.1 Å².